The molecule has 1 amide bonds. The fourth-order valence-corrected chi connectivity index (χ4v) is 1.07. The molecule has 1 aromatic heterocycles. The number of amides is 1. The van der Waals surface area contributed by atoms with Gasteiger partial charge in [0.2, 0.25) is 11.9 Å². The molecule has 0 saturated heterocycles. The summed E-state index contributed by atoms with van der Waals surface area (Å²) in [5.74, 6) is 0.334. The Morgan fingerprint density at radius 1 is 1.50 bits per heavy atom. The highest BCUT2D eigenvalue weighted by atomic mass is 79.9. The van der Waals surface area contributed by atoms with E-state index in [0.29, 0.717) is 5.95 Å². The lowest BCUT2D eigenvalue weighted by Gasteiger charge is -2.11. The molecular formula is C8H11BrN4O. The number of anilines is 1. The van der Waals surface area contributed by atoms with E-state index in [0.717, 1.165) is 4.47 Å². The standard InChI is InChI=1S/C8H11BrN4O/c1-5(7(14)10-2)13-8-11-3-6(9)4-12-8/h3-5H,1-2H3,(H,10,14)(H,11,12,13). The first kappa shape index (κ1) is 10.9. The zero-order valence-corrected chi connectivity index (χ0v) is 9.50. The fourth-order valence-electron chi connectivity index (χ4n) is 0.863. The third kappa shape index (κ3) is 2.95. The average Bonchev–Trinajstić information content (AvgIpc) is 2.20. The van der Waals surface area contributed by atoms with Crippen LogP contribution in [0.4, 0.5) is 5.95 Å². The Morgan fingerprint density at radius 3 is 2.57 bits per heavy atom. The van der Waals surface area contributed by atoms with Gasteiger partial charge in [-0.25, -0.2) is 9.97 Å². The molecule has 5 nitrogen and oxygen atoms in total. The highest BCUT2D eigenvalue weighted by molar-refractivity contribution is 9.10. The molecular weight excluding hydrogens is 248 g/mol. The van der Waals surface area contributed by atoms with Crippen molar-refractivity contribution in [2.45, 2.75) is 13.0 Å². The molecule has 1 unspecified atom stereocenters. The lowest BCUT2D eigenvalue weighted by Crippen LogP contribution is -2.35. The fraction of sp³-hybridized carbons (Fsp3) is 0.375. The second-order valence-corrected chi connectivity index (χ2v) is 3.62. The molecule has 0 spiro atoms. The molecule has 1 rings (SSSR count). The third-order valence-electron chi connectivity index (χ3n) is 1.61. The van der Waals surface area contributed by atoms with Crippen molar-refractivity contribution >= 4 is 27.8 Å². The number of hydrogen-bond donors (Lipinski definition) is 2. The molecule has 1 heterocycles. The molecule has 14 heavy (non-hydrogen) atoms. The molecule has 2 N–H and O–H groups in total. The molecule has 0 aliphatic carbocycles. The number of carbonyl (C=O) groups is 1. The molecule has 0 radical (unpaired) electrons. The van der Waals surface area contributed by atoms with Crippen LogP contribution in [0.5, 0.6) is 0 Å². The van der Waals surface area contributed by atoms with Gasteiger partial charge in [-0.1, -0.05) is 0 Å². The van der Waals surface area contributed by atoms with E-state index < -0.39 is 0 Å². The number of carbonyl (C=O) groups excluding carboxylic acids is 1. The number of hydrogen-bond acceptors (Lipinski definition) is 4. The van der Waals surface area contributed by atoms with Crippen molar-refractivity contribution in [2.75, 3.05) is 12.4 Å². The van der Waals surface area contributed by atoms with Crippen LogP contribution in [0.2, 0.25) is 0 Å². The zero-order valence-electron chi connectivity index (χ0n) is 7.91. The summed E-state index contributed by atoms with van der Waals surface area (Å²) in [6.07, 6.45) is 3.23. The third-order valence-corrected chi connectivity index (χ3v) is 2.02. The number of likely N-dealkylation sites (N-methyl/N-ethyl adjacent to an activating group) is 1. The molecule has 0 aliphatic heterocycles. The van der Waals surface area contributed by atoms with E-state index >= 15 is 0 Å². The first-order valence-electron chi connectivity index (χ1n) is 4.09. The number of nitrogens with one attached hydrogen (secondary N) is 2. The first-order chi connectivity index (χ1) is 6.63. The molecule has 0 bridgehead atoms. The van der Waals surface area contributed by atoms with E-state index in [1.165, 1.54) is 0 Å². The lowest BCUT2D eigenvalue weighted by molar-refractivity contribution is -0.121. The Labute approximate surface area is 90.5 Å². The van der Waals surface area contributed by atoms with Gasteiger partial charge in [-0.3, -0.25) is 4.79 Å². The number of halogens is 1. The second kappa shape index (κ2) is 4.90. The van der Waals surface area contributed by atoms with Gasteiger partial charge in [0.15, 0.2) is 0 Å². The van der Waals surface area contributed by atoms with Gasteiger partial charge in [0.1, 0.15) is 6.04 Å². The molecule has 76 valence electrons. The van der Waals surface area contributed by atoms with Gasteiger partial charge in [0, 0.05) is 19.4 Å². The Kier molecular flexibility index (Phi) is 3.82. The van der Waals surface area contributed by atoms with Crippen LogP contribution in [0.25, 0.3) is 0 Å². The van der Waals surface area contributed by atoms with Gasteiger partial charge in [0.05, 0.1) is 4.47 Å². The average molecular weight is 259 g/mol. The lowest BCUT2D eigenvalue weighted by atomic mass is 10.3. The number of aromatic nitrogens is 2. The second-order valence-electron chi connectivity index (χ2n) is 2.71. The largest absolute Gasteiger partial charge is 0.357 e. The van der Waals surface area contributed by atoms with E-state index in [9.17, 15) is 4.79 Å². The van der Waals surface area contributed by atoms with Crippen molar-refractivity contribution in [1.82, 2.24) is 15.3 Å². The first-order valence-corrected chi connectivity index (χ1v) is 4.88. The zero-order chi connectivity index (χ0) is 10.6. The van der Waals surface area contributed by atoms with Crippen molar-refractivity contribution in [3.8, 4) is 0 Å². The van der Waals surface area contributed by atoms with E-state index in [1.807, 2.05) is 0 Å². The summed E-state index contributed by atoms with van der Waals surface area (Å²) in [5, 5.41) is 5.39. The maximum absolute atomic E-state index is 11.1. The van der Waals surface area contributed by atoms with Crippen LogP contribution >= 0.6 is 15.9 Å². The summed E-state index contributed by atoms with van der Waals surface area (Å²) in [6.45, 7) is 1.74. The van der Waals surface area contributed by atoms with Gasteiger partial charge in [0.25, 0.3) is 0 Å². The SMILES string of the molecule is CNC(=O)C(C)Nc1ncc(Br)cn1. The van der Waals surface area contributed by atoms with Crippen LogP contribution in [0.1, 0.15) is 6.92 Å². The van der Waals surface area contributed by atoms with E-state index in [2.05, 4.69) is 36.5 Å². The monoisotopic (exact) mass is 258 g/mol. The predicted octanol–water partition coefficient (Wildman–Crippen LogP) is 0.785. The summed E-state index contributed by atoms with van der Waals surface area (Å²) in [6, 6.07) is -0.346. The van der Waals surface area contributed by atoms with Gasteiger partial charge in [-0.2, -0.15) is 0 Å². The smallest absolute Gasteiger partial charge is 0.242 e. The van der Waals surface area contributed by atoms with Crippen LogP contribution in [0, 0.1) is 0 Å². The van der Waals surface area contributed by atoms with E-state index in [1.54, 1.807) is 26.4 Å². The molecule has 0 fully saturated rings. The quantitative estimate of drug-likeness (QED) is 0.842. The Hall–Kier alpha value is -1.17. The van der Waals surface area contributed by atoms with Crippen LogP contribution < -0.4 is 10.6 Å². The molecule has 0 aliphatic rings. The van der Waals surface area contributed by atoms with Crippen molar-refractivity contribution in [2.24, 2.45) is 0 Å². The van der Waals surface area contributed by atoms with Gasteiger partial charge in [-0.05, 0) is 22.9 Å². The van der Waals surface area contributed by atoms with Crippen LogP contribution in [0.3, 0.4) is 0 Å². The summed E-state index contributed by atoms with van der Waals surface area (Å²) >= 11 is 3.22. The molecule has 1 aromatic rings. The molecule has 0 aromatic carbocycles. The highest BCUT2D eigenvalue weighted by Gasteiger charge is 2.10. The Morgan fingerprint density at radius 2 is 2.07 bits per heavy atom. The minimum atomic E-state index is -0.346. The summed E-state index contributed by atoms with van der Waals surface area (Å²) < 4.78 is 0.802. The van der Waals surface area contributed by atoms with Gasteiger partial charge < -0.3 is 10.6 Å². The van der Waals surface area contributed by atoms with Crippen molar-refractivity contribution in [3.63, 3.8) is 0 Å². The van der Waals surface area contributed by atoms with Gasteiger partial charge >= 0.3 is 0 Å². The maximum Gasteiger partial charge on any atom is 0.242 e. The topological polar surface area (TPSA) is 66.9 Å². The number of nitrogens with zero attached hydrogens (tertiary/aromatic N) is 2. The highest BCUT2D eigenvalue weighted by Crippen LogP contribution is 2.07. The van der Waals surface area contributed by atoms with Crippen molar-refractivity contribution in [1.29, 1.82) is 0 Å². The van der Waals surface area contributed by atoms with Crippen molar-refractivity contribution < 1.29 is 4.79 Å². The summed E-state index contributed by atoms with van der Waals surface area (Å²) in [4.78, 5) is 19.1. The Bertz CT molecular complexity index is 314. The summed E-state index contributed by atoms with van der Waals surface area (Å²) in [7, 11) is 1.59. The normalized spacial score (nSPS) is 11.9. The maximum atomic E-state index is 11.1. The van der Waals surface area contributed by atoms with Crippen LogP contribution in [-0.2, 0) is 4.79 Å². The van der Waals surface area contributed by atoms with Gasteiger partial charge in [-0.15, -0.1) is 0 Å². The number of rotatable bonds is 3. The molecule has 6 heteroatoms. The minimum absolute atomic E-state index is 0.100. The van der Waals surface area contributed by atoms with E-state index in [4.69, 9.17) is 0 Å². The summed E-state index contributed by atoms with van der Waals surface area (Å²) in [5.41, 5.74) is 0. The minimum Gasteiger partial charge on any atom is -0.357 e. The van der Waals surface area contributed by atoms with Crippen molar-refractivity contribution in [3.05, 3.63) is 16.9 Å². The van der Waals surface area contributed by atoms with Crippen LogP contribution in [-0.4, -0.2) is 29.0 Å². The predicted molar refractivity (Wildman–Crippen MR) is 56.9 cm³/mol. The van der Waals surface area contributed by atoms with E-state index in [-0.39, 0.29) is 11.9 Å². The molecule has 0 saturated carbocycles. The Balaban J connectivity index is 2.60. The van der Waals surface area contributed by atoms with Crippen LogP contribution in [0.15, 0.2) is 16.9 Å². The molecule has 1 atom stereocenters.